The van der Waals surface area contributed by atoms with Gasteiger partial charge in [-0.1, -0.05) is 20.8 Å². The zero-order chi connectivity index (χ0) is 26.8. The van der Waals surface area contributed by atoms with Crippen LogP contribution in [-0.2, 0) is 28.5 Å². The van der Waals surface area contributed by atoms with E-state index in [1.54, 1.807) is 12.5 Å². The van der Waals surface area contributed by atoms with Gasteiger partial charge in [-0.3, -0.25) is 4.79 Å². The smallest absolute Gasteiger partial charge is 0.339 e. The molecule has 5 aliphatic rings. The van der Waals surface area contributed by atoms with E-state index in [-0.39, 0.29) is 42.4 Å². The number of aliphatic hydroxyl groups excluding tert-OH is 1. The van der Waals surface area contributed by atoms with Gasteiger partial charge in [-0.15, -0.1) is 0 Å². The largest absolute Gasteiger partial charge is 0.472 e. The normalized spacial score (nSPS) is 49.4. The Morgan fingerprint density at radius 1 is 1.14 bits per heavy atom. The molecule has 1 N–H and O–H groups in total. The standard InChI is InChI=1S/C29H40O8/c1-15(2)34-21(31)13-20-27(6)17-8-10-26(5)22(16-9-11-33-14-16)35-24(32)23-29(26,37-23)28(17,7)19(30)12-18(27)25(3,4)36-20/h9,11,14-15,17-20,22-23,30H,8,10,12-13H2,1-7H3/t17-,18+,19?,20-,22+,23-,26+,27-,28+,29-/m1/s1. The number of ether oxygens (including phenoxy) is 4. The summed E-state index contributed by atoms with van der Waals surface area (Å²) in [5.41, 5.74) is -2.32. The van der Waals surface area contributed by atoms with E-state index in [0.717, 1.165) is 18.4 Å². The van der Waals surface area contributed by atoms with Crippen molar-refractivity contribution in [2.24, 2.45) is 28.1 Å². The third-order valence-corrected chi connectivity index (χ3v) is 11.2. The zero-order valence-electron chi connectivity index (χ0n) is 22.9. The Balaban J connectivity index is 1.45. The summed E-state index contributed by atoms with van der Waals surface area (Å²) in [6.45, 7) is 14.3. The maximum absolute atomic E-state index is 13.2. The first kappa shape index (κ1) is 25.4. The lowest BCUT2D eigenvalue weighted by Crippen LogP contribution is -2.72. The molecule has 37 heavy (non-hydrogen) atoms. The van der Waals surface area contributed by atoms with Crippen LogP contribution in [0.2, 0.25) is 0 Å². The van der Waals surface area contributed by atoms with Gasteiger partial charge in [-0.25, -0.2) is 4.79 Å². The first-order valence-electron chi connectivity index (χ1n) is 13.7. The quantitative estimate of drug-likeness (QED) is 0.465. The van der Waals surface area contributed by atoms with Gasteiger partial charge in [-0.05, 0) is 64.9 Å². The summed E-state index contributed by atoms with van der Waals surface area (Å²) in [6, 6.07) is 1.84. The first-order valence-corrected chi connectivity index (χ1v) is 13.7. The lowest BCUT2D eigenvalue weighted by atomic mass is 9.37. The van der Waals surface area contributed by atoms with Crippen LogP contribution in [-0.4, -0.2) is 52.7 Å². The monoisotopic (exact) mass is 516 g/mol. The molecule has 10 atom stereocenters. The maximum Gasteiger partial charge on any atom is 0.339 e. The molecule has 2 aliphatic carbocycles. The van der Waals surface area contributed by atoms with Crippen LogP contribution < -0.4 is 0 Å². The van der Waals surface area contributed by atoms with Crippen molar-refractivity contribution in [3.63, 3.8) is 0 Å². The van der Waals surface area contributed by atoms with E-state index in [4.69, 9.17) is 23.4 Å². The van der Waals surface area contributed by atoms with Crippen LogP contribution >= 0.6 is 0 Å². The lowest BCUT2D eigenvalue weighted by Gasteiger charge is -2.66. The molecule has 2 saturated carbocycles. The molecular formula is C29H40O8. The molecule has 4 heterocycles. The summed E-state index contributed by atoms with van der Waals surface area (Å²) in [5, 5.41) is 12.0. The van der Waals surface area contributed by atoms with Crippen molar-refractivity contribution >= 4 is 11.9 Å². The lowest BCUT2D eigenvalue weighted by molar-refractivity contribution is -0.246. The molecule has 0 amide bonds. The Labute approximate surface area is 218 Å². The fourth-order valence-corrected chi connectivity index (χ4v) is 9.69. The minimum absolute atomic E-state index is 0.0306. The van der Waals surface area contributed by atoms with E-state index in [0.29, 0.717) is 6.42 Å². The number of epoxide rings is 1. The number of fused-ring (bicyclic) bond motifs is 3. The van der Waals surface area contributed by atoms with E-state index in [1.807, 2.05) is 19.9 Å². The summed E-state index contributed by atoms with van der Waals surface area (Å²) >= 11 is 0. The van der Waals surface area contributed by atoms with Crippen molar-refractivity contribution in [3.8, 4) is 0 Å². The van der Waals surface area contributed by atoms with E-state index in [9.17, 15) is 14.7 Å². The second-order valence-electron chi connectivity index (χ2n) is 13.5. The average molecular weight is 517 g/mol. The van der Waals surface area contributed by atoms with Gasteiger partial charge in [0.2, 0.25) is 0 Å². The summed E-state index contributed by atoms with van der Waals surface area (Å²) in [7, 11) is 0. The van der Waals surface area contributed by atoms with Gasteiger partial charge in [0.1, 0.15) is 11.7 Å². The van der Waals surface area contributed by atoms with E-state index >= 15 is 0 Å². The Morgan fingerprint density at radius 2 is 1.86 bits per heavy atom. The molecule has 6 rings (SSSR count). The molecule has 3 saturated heterocycles. The third kappa shape index (κ3) is 2.95. The summed E-state index contributed by atoms with van der Waals surface area (Å²) in [6.07, 6.45) is 2.89. The van der Waals surface area contributed by atoms with Gasteiger partial charge >= 0.3 is 11.9 Å². The van der Waals surface area contributed by atoms with Crippen LogP contribution in [0.1, 0.15) is 85.8 Å². The zero-order valence-corrected chi connectivity index (χ0v) is 22.9. The van der Waals surface area contributed by atoms with Crippen LogP contribution in [0.25, 0.3) is 0 Å². The molecule has 204 valence electrons. The number of esters is 2. The van der Waals surface area contributed by atoms with Crippen molar-refractivity contribution in [2.45, 2.75) is 116 Å². The molecule has 1 spiro atoms. The van der Waals surface area contributed by atoms with Crippen LogP contribution in [0, 0.1) is 28.1 Å². The molecule has 8 nitrogen and oxygen atoms in total. The van der Waals surface area contributed by atoms with E-state index in [2.05, 4.69) is 34.6 Å². The van der Waals surface area contributed by atoms with Crippen molar-refractivity contribution in [2.75, 3.05) is 0 Å². The Kier molecular flexibility index (Phi) is 5.22. The fraction of sp³-hybridized carbons (Fsp3) is 0.793. The second-order valence-corrected chi connectivity index (χ2v) is 13.5. The molecule has 1 unspecified atom stereocenters. The molecule has 0 radical (unpaired) electrons. The molecule has 1 aromatic rings. The van der Waals surface area contributed by atoms with E-state index in [1.165, 1.54) is 0 Å². The molecule has 0 aromatic carbocycles. The second kappa shape index (κ2) is 7.60. The Morgan fingerprint density at radius 3 is 2.51 bits per heavy atom. The number of aliphatic hydroxyl groups is 1. The molecule has 3 aliphatic heterocycles. The molecule has 8 heteroatoms. The predicted octanol–water partition coefficient (Wildman–Crippen LogP) is 4.34. The summed E-state index contributed by atoms with van der Waals surface area (Å²) in [5.74, 6) is -0.666. The highest BCUT2D eigenvalue weighted by Gasteiger charge is 2.88. The highest BCUT2D eigenvalue weighted by molar-refractivity contribution is 5.82. The van der Waals surface area contributed by atoms with Gasteiger partial charge in [0.25, 0.3) is 0 Å². The van der Waals surface area contributed by atoms with Crippen LogP contribution in [0.15, 0.2) is 23.0 Å². The van der Waals surface area contributed by atoms with Crippen LogP contribution in [0.3, 0.4) is 0 Å². The number of hydrogen-bond donors (Lipinski definition) is 1. The van der Waals surface area contributed by atoms with Gasteiger partial charge in [0.15, 0.2) is 6.10 Å². The van der Waals surface area contributed by atoms with Crippen molar-refractivity contribution in [1.82, 2.24) is 0 Å². The highest BCUT2D eigenvalue weighted by atomic mass is 16.7. The molecule has 5 fully saturated rings. The van der Waals surface area contributed by atoms with Gasteiger partial charge in [0.05, 0.1) is 42.9 Å². The van der Waals surface area contributed by atoms with Crippen LogP contribution in [0.4, 0.5) is 0 Å². The molecule has 0 bridgehead atoms. The Hall–Kier alpha value is -1.90. The number of furan rings is 1. The molecule has 1 aromatic heterocycles. The maximum atomic E-state index is 13.2. The topological polar surface area (TPSA) is 108 Å². The number of rotatable bonds is 4. The third-order valence-electron chi connectivity index (χ3n) is 11.2. The minimum atomic E-state index is -0.886. The van der Waals surface area contributed by atoms with Crippen LogP contribution in [0.5, 0.6) is 0 Å². The highest BCUT2D eigenvalue weighted by Crippen LogP contribution is 2.80. The fourth-order valence-electron chi connectivity index (χ4n) is 9.69. The summed E-state index contributed by atoms with van der Waals surface area (Å²) < 4.78 is 30.0. The first-order chi connectivity index (χ1) is 17.2. The average Bonchev–Trinajstić information content (AvgIpc) is 3.30. The van der Waals surface area contributed by atoms with Gasteiger partial charge in [0, 0.05) is 21.8 Å². The SMILES string of the molecule is CC(C)OC(=O)C[C@H]1OC(C)(C)[C@@H]2CC(O)[C@]3(C)[C@H](CC[C@@]4(C)[C@H](c5ccoc5)OC(=O)[C@H]5O[C@]543)[C@@]12C. The Bertz CT molecular complexity index is 1110. The van der Waals surface area contributed by atoms with Crippen molar-refractivity contribution in [3.05, 3.63) is 24.2 Å². The van der Waals surface area contributed by atoms with Gasteiger partial charge in [-0.2, -0.15) is 0 Å². The van der Waals surface area contributed by atoms with Crippen molar-refractivity contribution in [1.29, 1.82) is 0 Å². The van der Waals surface area contributed by atoms with Gasteiger partial charge < -0.3 is 28.5 Å². The number of carbonyl (C=O) groups is 2. The van der Waals surface area contributed by atoms with E-state index < -0.39 is 45.8 Å². The molecular weight excluding hydrogens is 476 g/mol. The number of hydrogen-bond acceptors (Lipinski definition) is 8. The summed E-state index contributed by atoms with van der Waals surface area (Å²) in [4.78, 5) is 26.1. The minimum Gasteiger partial charge on any atom is -0.472 e. The predicted molar refractivity (Wildman–Crippen MR) is 131 cm³/mol. The number of cyclic esters (lactones) is 1. The van der Waals surface area contributed by atoms with Crippen molar-refractivity contribution < 1.29 is 38.1 Å². The number of carbonyl (C=O) groups excluding carboxylic acids is 2.